The summed E-state index contributed by atoms with van der Waals surface area (Å²) in [5, 5.41) is 0. The molecule has 0 spiro atoms. The van der Waals surface area contributed by atoms with Crippen LogP contribution in [0.25, 0.3) is 0 Å². The number of carbonyl (C=O) groups is 1. The van der Waals surface area contributed by atoms with Gasteiger partial charge in [0.05, 0.1) is 5.88 Å². The van der Waals surface area contributed by atoms with Crippen LogP contribution in [0, 0.1) is 17.8 Å². The number of alkyl halides is 1. The monoisotopic (exact) mass is 158 g/mol. The van der Waals surface area contributed by atoms with Gasteiger partial charge in [-0.25, -0.2) is 0 Å². The average Bonchev–Trinajstić information content (AvgIpc) is 2.57. The Labute approximate surface area is 65.7 Å². The van der Waals surface area contributed by atoms with Gasteiger partial charge in [0.15, 0.2) is 5.78 Å². The van der Waals surface area contributed by atoms with Crippen LogP contribution in [0.15, 0.2) is 0 Å². The number of rotatable bonds is 2. The molecule has 0 aliphatic heterocycles. The van der Waals surface area contributed by atoms with E-state index in [1.165, 1.54) is 6.42 Å². The van der Waals surface area contributed by atoms with Crippen LogP contribution in [0.2, 0.25) is 0 Å². The third-order valence-corrected chi connectivity index (χ3v) is 3.09. The molecule has 0 aromatic rings. The molecule has 0 aromatic heterocycles. The van der Waals surface area contributed by atoms with Crippen molar-refractivity contribution in [1.82, 2.24) is 0 Å². The molecule has 1 nitrogen and oxygen atoms in total. The topological polar surface area (TPSA) is 17.1 Å². The number of carbonyl (C=O) groups excluding carboxylic acids is 1. The van der Waals surface area contributed by atoms with Gasteiger partial charge in [-0.3, -0.25) is 4.79 Å². The predicted octanol–water partition coefficient (Wildman–Crippen LogP) is 1.84. The van der Waals surface area contributed by atoms with Crippen molar-refractivity contribution in [3.63, 3.8) is 0 Å². The highest BCUT2D eigenvalue weighted by Gasteiger charge is 2.47. The standard InChI is InChI=1S/C8H11ClO/c9-4-8(10)7-2-5-1-6(5)3-7/h5-7H,1-4H2/t5-,6+,7+. The van der Waals surface area contributed by atoms with E-state index >= 15 is 0 Å². The van der Waals surface area contributed by atoms with E-state index in [9.17, 15) is 4.79 Å². The van der Waals surface area contributed by atoms with Crippen LogP contribution in [0.1, 0.15) is 19.3 Å². The van der Waals surface area contributed by atoms with Crippen molar-refractivity contribution >= 4 is 17.4 Å². The highest BCUT2D eigenvalue weighted by Crippen LogP contribution is 2.54. The Morgan fingerprint density at radius 1 is 1.30 bits per heavy atom. The SMILES string of the molecule is O=C(CCl)[C@@H]1C[C@@H]2C[C@@H]2C1. The number of halogens is 1. The van der Waals surface area contributed by atoms with E-state index in [4.69, 9.17) is 11.6 Å². The normalized spacial score (nSPS) is 43.1. The van der Waals surface area contributed by atoms with Crippen molar-refractivity contribution in [2.75, 3.05) is 5.88 Å². The van der Waals surface area contributed by atoms with Crippen molar-refractivity contribution in [3.05, 3.63) is 0 Å². The molecule has 0 saturated heterocycles. The third-order valence-electron chi connectivity index (χ3n) is 2.83. The summed E-state index contributed by atoms with van der Waals surface area (Å²) < 4.78 is 0. The first-order chi connectivity index (χ1) is 4.81. The molecule has 0 amide bonds. The van der Waals surface area contributed by atoms with E-state index in [1.807, 2.05) is 0 Å². The van der Waals surface area contributed by atoms with Gasteiger partial charge in [-0.05, 0) is 31.1 Å². The Morgan fingerprint density at radius 2 is 1.90 bits per heavy atom. The highest BCUT2D eigenvalue weighted by molar-refractivity contribution is 6.27. The molecule has 0 N–H and O–H groups in total. The zero-order valence-electron chi connectivity index (χ0n) is 5.85. The summed E-state index contributed by atoms with van der Waals surface area (Å²) in [6.45, 7) is 0. The zero-order chi connectivity index (χ0) is 7.14. The Bertz CT molecular complexity index is 157. The van der Waals surface area contributed by atoms with Crippen LogP contribution in [0.4, 0.5) is 0 Å². The van der Waals surface area contributed by atoms with Gasteiger partial charge in [0.1, 0.15) is 0 Å². The smallest absolute Gasteiger partial charge is 0.150 e. The maximum absolute atomic E-state index is 11.0. The zero-order valence-corrected chi connectivity index (χ0v) is 6.60. The van der Waals surface area contributed by atoms with Gasteiger partial charge in [-0.2, -0.15) is 0 Å². The minimum absolute atomic E-state index is 0.226. The third kappa shape index (κ3) is 0.968. The van der Waals surface area contributed by atoms with Gasteiger partial charge in [0.2, 0.25) is 0 Å². The van der Waals surface area contributed by atoms with E-state index in [-0.39, 0.29) is 11.7 Å². The lowest BCUT2D eigenvalue weighted by Gasteiger charge is -2.06. The minimum Gasteiger partial charge on any atom is -0.298 e. The summed E-state index contributed by atoms with van der Waals surface area (Å²) in [6.07, 6.45) is 3.65. The maximum atomic E-state index is 11.0. The molecule has 2 aliphatic rings. The van der Waals surface area contributed by atoms with Crippen molar-refractivity contribution in [1.29, 1.82) is 0 Å². The molecule has 0 heterocycles. The largest absolute Gasteiger partial charge is 0.298 e. The van der Waals surface area contributed by atoms with Crippen molar-refractivity contribution < 1.29 is 4.79 Å². The van der Waals surface area contributed by atoms with Gasteiger partial charge in [0.25, 0.3) is 0 Å². The molecule has 2 fully saturated rings. The fourth-order valence-corrected chi connectivity index (χ4v) is 2.30. The van der Waals surface area contributed by atoms with E-state index in [1.54, 1.807) is 0 Å². The first-order valence-corrected chi connectivity index (χ1v) is 4.43. The molecule has 56 valence electrons. The Hall–Kier alpha value is -0.0400. The lowest BCUT2D eigenvalue weighted by atomic mass is 10.00. The molecule has 2 heteroatoms. The highest BCUT2D eigenvalue weighted by atomic mass is 35.5. The summed E-state index contributed by atoms with van der Waals surface area (Å²) in [5.74, 6) is 2.63. The molecule has 10 heavy (non-hydrogen) atoms. The summed E-state index contributed by atoms with van der Waals surface area (Å²) >= 11 is 5.45. The van der Waals surface area contributed by atoms with Gasteiger partial charge in [0, 0.05) is 5.92 Å². The second kappa shape index (κ2) is 2.23. The van der Waals surface area contributed by atoms with Crippen LogP contribution in [-0.2, 0) is 4.79 Å². The Balaban J connectivity index is 1.90. The second-order valence-corrected chi connectivity index (χ2v) is 3.79. The average molecular weight is 159 g/mol. The van der Waals surface area contributed by atoms with Crippen molar-refractivity contribution in [3.8, 4) is 0 Å². The quantitative estimate of drug-likeness (QED) is 0.561. The molecule has 0 radical (unpaired) electrons. The van der Waals surface area contributed by atoms with Gasteiger partial charge in [-0.1, -0.05) is 0 Å². The second-order valence-electron chi connectivity index (χ2n) is 3.52. The molecular weight excluding hydrogens is 148 g/mol. The maximum Gasteiger partial charge on any atom is 0.150 e. The van der Waals surface area contributed by atoms with Crippen LogP contribution < -0.4 is 0 Å². The van der Waals surface area contributed by atoms with Crippen LogP contribution in [0.5, 0.6) is 0 Å². The first kappa shape index (κ1) is 6.66. The van der Waals surface area contributed by atoms with E-state index in [0.29, 0.717) is 5.92 Å². The van der Waals surface area contributed by atoms with Gasteiger partial charge < -0.3 is 0 Å². The number of hydrogen-bond acceptors (Lipinski definition) is 1. The summed E-state index contributed by atoms with van der Waals surface area (Å²) in [6, 6.07) is 0. The summed E-state index contributed by atoms with van der Waals surface area (Å²) in [5.41, 5.74) is 0. The first-order valence-electron chi connectivity index (χ1n) is 3.90. The molecule has 2 rings (SSSR count). The number of fused-ring (bicyclic) bond motifs is 1. The lowest BCUT2D eigenvalue weighted by molar-refractivity contribution is -0.120. The summed E-state index contributed by atoms with van der Waals surface area (Å²) in [7, 11) is 0. The predicted molar refractivity (Wildman–Crippen MR) is 40.0 cm³/mol. The van der Waals surface area contributed by atoms with E-state index < -0.39 is 0 Å². The van der Waals surface area contributed by atoms with Gasteiger partial charge in [-0.15, -0.1) is 11.6 Å². The minimum atomic E-state index is 0.226. The molecular formula is C8H11ClO. The van der Waals surface area contributed by atoms with E-state index in [2.05, 4.69) is 0 Å². The van der Waals surface area contributed by atoms with Gasteiger partial charge >= 0.3 is 0 Å². The van der Waals surface area contributed by atoms with E-state index in [0.717, 1.165) is 24.7 Å². The lowest BCUT2D eigenvalue weighted by Crippen LogP contribution is -2.13. The summed E-state index contributed by atoms with van der Waals surface area (Å²) in [4.78, 5) is 11.0. The molecule has 2 saturated carbocycles. The molecule has 0 unspecified atom stereocenters. The van der Waals surface area contributed by atoms with Crippen LogP contribution in [-0.4, -0.2) is 11.7 Å². The number of Topliss-reactive ketones (excluding diaryl/α,β-unsaturated/α-hetero) is 1. The van der Waals surface area contributed by atoms with Crippen LogP contribution in [0.3, 0.4) is 0 Å². The molecule has 3 atom stereocenters. The fraction of sp³-hybridized carbons (Fsp3) is 0.875. The molecule has 0 aromatic carbocycles. The number of hydrogen-bond donors (Lipinski definition) is 0. The molecule has 0 bridgehead atoms. The molecule has 2 aliphatic carbocycles. The Kier molecular flexibility index (Phi) is 1.48. The van der Waals surface area contributed by atoms with Crippen molar-refractivity contribution in [2.24, 2.45) is 17.8 Å². The number of ketones is 1. The Morgan fingerprint density at radius 3 is 2.40 bits per heavy atom. The fourth-order valence-electron chi connectivity index (χ4n) is 2.09. The van der Waals surface area contributed by atoms with Crippen LogP contribution >= 0.6 is 11.6 Å². The van der Waals surface area contributed by atoms with Crippen molar-refractivity contribution in [2.45, 2.75) is 19.3 Å².